The van der Waals surface area contributed by atoms with E-state index in [1.54, 1.807) is 0 Å². The maximum atomic E-state index is 4.53. The van der Waals surface area contributed by atoms with Crippen molar-refractivity contribution in [2.24, 2.45) is 10.9 Å². The third kappa shape index (κ3) is 9.81. The molecule has 0 saturated heterocycles. The third-order valence-corrected chi connectivity index (χ3v) is 2.28. The van der Waals surface area contributed by atoms with Gasteiger partial charge in [-0.25, -0.2) is 0 Å². The fourth-order valence-corrected chi connectivity index (χ4v) is 1.37. The van der Waals surface area contributed by atoms with Crippen molar-refractivity contribution in [3.8, 4) is 0 Å². The van der Waals surface area contributed by atoms with Crippen LogP contribution in [-0.4, -0.2) is 25.6 Å². The average Bonchev–Trinajstić information content (AvgIpc) is 2.25. The second-order valence-corrected chi connectivity index (χ2v) is 4.60. The van der Waals surface area contributed by atoms with Crippen LogP contribution in [0.15, 0.2) is 4.99 Å². The van der Waals surface area contributed by atoms with Gasteiger partial charge < -0.3 is 10.6 Å². The number of nitrogens with zero attached hydrogens (tertiary/aromatic N) is 1. The highest BCUT2D eigenvalue weighted by Gasteiger charge is 1.97. The Labute approximate surface area is 101 Å². The second-order valence-electron chi connectivity index (χ2n) is 4.60. The molecule has 96 valence electrons. The van der Waals surface area contributed by atoms with Crippen LogP contribution in [0.1, 0.15) is 53.4 Å². The Balaban J connectivity index is 3.71. The van der Waals surface area contributed by atoms with Gasteiger partial charge in [0.2, 0.25) is 0 Å². The van der Waals surface area contributed by atoms with E-state index in [2.05, 4.69) is 43.3 Å². The van der Waals surface area contributed by atoms with Crippen molar-refractivity contribution < 1.29 is 0 Å². The van der Waals surface area contributed by atoms with Gasteiger partial charge in [0.25, 0.3) is 0 Å². The van der Waals surface area contributed by atoms with Crippen molar-refractivity contribution in [3.63, 3.8) is 0 Å². The van der Waals surface area contributed by atoms with E-state index < -0.39 is 0 Å². The van der Waals surface area contributed by atoms with E-state index in [1.807, 2.05) is 0 Å². The van der Waals surface area contributed by atoms with E-state index in [0.29, 0.717) is 5.92 Å². The number of guanidine groups is 1. The standard InChI is InChI=1S/C13H29N3/c1-5-7-8-9-10-15-13(14-6-2)16-11-12(3)4/h12H,5-11H2,1-4H3,(H2,14,15,16). The van der Waals surface area contributed by atoms with Crippen molar-refractivity contribution in [2.75, 3.05) is 19.6 Å². The lowest BCUT2D eigenvalue weighted by Gasteiger charge is -2.11. The molecule has 0 unspecified atom stereocenters. The summed E-state index contributed by atoms with van der Waals surface area (Å²) < 4.78 is 0. The summed E-state index contributed by atoms with van der Waals surface area (Å²) in [6.45, 7) is 11.6. The summed E-state index contributed by atoms with van der Waals surface area (Å²) >= 11 is 0. The number of rotatable bonds is 8. The van der Waals surface area contributed by atoms with E-state index >= 15 is 0 Å². The highest BCUT2D eigenvalue weighted by atomic mass is 15.2. The molecule has 0 fully saturated rings. The first-order valence-corrected chi connectivity index (χ1v) is 6.72. The van der Waals surface area contributed by atoms with E-state index in [9.17, 15) is 0 Å². The molecule has 0 saturated carbocycles. The summed E-state index contributed by atoms with van der Waals surface area (Å²) in [5, 5.41) is 6.64. The molecule has 2 N–H and O–H groups in total. The largest absolute Gasteiger partial charge is 0.357 e. The van der Waals surface area contributed by atoms with Gasteiger partial charge in [0.15, 0.2) is 5.96 Å². The van der Waals surface area contributed by atoms with E-state index in [1.165, 1.54) is 25.7 Å². The van der Waals surface area contributed by atoms with Crippen LogP contribution in [0.5, 0.6) is 0 Å². The molecule has 0 radical (unpaired) electrons. The fourth-order valence-electron chi connectivity index (χ4n) is 1.37. The molecule has 0 atom stereocenters. The minimum Gasteiger partial charge on any atom is -0.357 e. The Morgan fingerprint density at radius 3 is 2.38 bits per heavy atom. The van der Waals surface area contributed by atoms with Crippen LogP contribution in [0, 0.1) is 5.92 Å². The zero-order valence-electron chi connectivity index (χ0n) is 11.5. The molecule has 0 aliphatic carbocycles. The smallest absolute Gasteiger partial charge is 0.191 e. The van der Waals surface area contributed by atoms with Gasteiger partial charge in [0.05, 0.1) is 0 Å². The minimum atomic E-state index is 0.621. The van der Waals surface area contributed by atoms with Gasteiger partial charge in [-0.3, -0.25) is 4.99 Å². The van der Waals surface area contributed by atoms with Crippen LogP contribution in [0.3, 0.4) is 0 Å². The molecule has 0 aromatic carbocycles. The molecule has 0 heterocycles. The molecule has 3 heteroatoms. The molecular weight excluding hydrogens is 198 g/mol. The third-order valence-electron chi connectivity index (χ3n) is 2.28. The van der Waals surface area contributed by atoms with Gasteiger partial charge in [0.1, 0.15) is 0 Å². The van der Waals surface area contributed by atoms with Crippen LogP contribution in [0.4, 0.5) is 0 Å². The molecule has 0 rings (SSSR count). The molecule has 0 aromatic heterocycles. The Morgan fingerprint density at radius 1 is 1.06 bits per heavy atom. The topological polar surface area (TPSA) is 36.4 Å². The maximum absolute atomic E-state index is 4.53. The van der Waals surface area contributed by atoms with Gasteiger partial charge in [0, 0.05) is 19.6 Å². The van der Waals surface area contributed by atoms with Crippen molar-refractivity contribution >= 4 is 5.96 Å². The predicted octanol–water partition coefficient (Wildman–Crippen LogP) is 2.78. The highest BCUT2D eigenvalue weighted by molar-refractivity contribution is 5.79. The summed E-state index contributed by atoms with van der Waals surface area (Å²) in [5.41, 5.74) is 0. The first-order chi connectivity index (χ1) is 7.70. The summed E-state index contributed by atoms with van der Waals surface area (Å²) in [6, 6.07) is 0. The highest BCUT2D eigenvalue weighted by Crippen LogP contribution is 1.97. The molecule has 0 spiro atoms. The van der Waals surface area contributed by atoms with E-state index in [0.717, 1.165) is 25.6 Å². The number of hydrogen-bond donors (Lipinski definition) is 2. The monoisotopic (exact) mass is 227 g/mol. The molecule has 0 amide bonds. The lowest BCUT2D eigenvalue weighted by atomic mass is 10.2. The Morgan fingerprint density at radius 2 is 1.81 bits per heavy atom. The molecule has 0 aliphatic heterocycles. The molecule has 0 bridgehead atoms. The molecule has 16 heavy (non-hydrogen) atoms. The average molecular weight is 227 g/mol. The van der Waals surface area contributed by atoms with Crippen molar-refractivity contribution in [1.29, 1.82) is 0 Å². The minimum absolute atomic E-state index is 0.621. The van der Waals surface area contributed by atoms with Gasteiger partial charge in [-0.1, -0.05) is 40.0 Å². The Hall–Kier alpha value is -0.730. The first kappa shape index (κ1) is 15.3. The normalized spacial score (nSPS) is 11.9. The summed E-state index contributed by atoms with van der Waals surface area (Å²) in [7, 11) is 0. The molecule has 0 aliphatic rings. The van der Waals surface area contributed by atoms with Gasteiger partial charge >= 0.3 is 0 Å². The van der Waals surface area contributed by atoms with Gasteiger partial charge in [-0.05, 0) is 19.3 Å². The van der Waals surface area contributed by atoms with Crippen molar-refractivity contribution in [3.05, 3.63) is 0 Å². The zero-order valence-corrected chi connectivity index (χ0v) is 11.5. The van der Waals surface area contributed by atoms with Gasteiger partial charge in [-0.15, -0.1) is 0 Å². The van der Waals surface area contributed by atoms with Crippen LogP contribution < -0.4 is 10.6 Å². The predicted molar refractivity (Wildman–Crippen MR) is 73.0 cm³/mol. The Kier molecular flexibility index (Phi) is 10.3. The first-order valence-electron chi connectivity index (χ1n) is 6.72. The van der Waals surface area contributed by atoms with E-state index in [-0.39, 0.29) is 0 Å². The lowest BCUT2D eigenvalue weighted by molar-refractivity contribution is 0.636. The number of hydrogen-bond acceptors (Lipinski definition) is 1. The van der Waals surface area contributed by atoms with Crippen LogP contribution in [0.25, 0.3) is 0 Å². The fraction of sp³-hybridized carbons (Fsp3) is 0.923. The lowest BCUT2D eigenvalue weighted by Crippen LogP contribution is -2.38. The maximum Gasteiger partial charge on any atom is 0.191 e. The van der Waals surface area contributed by atoms with Crippen molar-refractivity contribution in [1.82, 2.24) is 10.6 Å². The van der Waals surface area contributed by atoms with Crippen molar-refractivity contribution in [2.45, 2.75) is 53.4 Å². The van der Waals surface area contributed by atoms with E-state index in [4.69, 9.17) is 0 Å². The molecular formula is C13H29N3. The quantitative estimate of drug-likeness (QED) is 0.380. The summed E-state index contributed by atoms with van der Waals surface area (Å²) in [5.74, 6) is 1.59. The van der Waals surface area contributed by atoms with Crippen LogP contribution in [-0.2, 0) is 0 Å². The second kappa shape index (κ2) is 10.8. The molecule has 0 aromatic rings. The zero-order chi connectivity index (χ0) is 12.2. The number of nitrogens with one attached hydrogen (secondary N) is 2. The SMILES string of the molecule is CCCCCCNC(=NCC(C)C)NCC. The Bertz CT molecular complexity index is 176. The van der Waals surface area contributed by atoms with Crippen LogP contribution >= 0.6 is 0 Å². The number of aliphatic imine (C=N–C) groups is 1. The summed E-state index contributed by atoms with van der Waals surface area (Å²) in [6.07, 6.45) is 5.18. The molecule has 3 nitrogen and oxygen atoms in total. The van der Waals surface area contributed by atoms with Gasteiger partial charge in [-0.2, -0.15) is 0 Å². The number of unbranched alkanes of at least 4 members (excludes halogenated alkanes) is 3. The summed E-state index contributed by atoms with van der Waals surface area (Å²) in [4.78, 5) is 4.53. The van der Waals surface area contributed by atoms with Crippen LogP contribution in [0.2, 0.25) is 0 Å².